The number of nitrogens with zero attached hydrogens (tertiary/aromatic N) is 1. The lowest BCUT2D eigenvalue weighted by atomic mass is 9.68. The van der Waals surface area contributed by atoms with E-state index in [1.54, 1.807) is 4.90 Å². The van der Waals surface area contributed by atoms with Crippen LogP contribution in [0.1, 0.15) is 58.3 Å². The topological polar surface area (TPSA) is 69.6 Å². The van der Waals surface area contributed by atoms with Gasteiger partial charge in [-0.25, -0.2) is 18.4 Å². The number of halogens is 2. The SMILES string of the molecule is CC(F)(F)C[C@H](NC(=O)N1CCC2(CCCCC2)CC1)C(=O)O. The molecule has 1 spiro atoms. The molecule has 1 saturated heterocycles. The van der Waals surface area contributed by atoms with E-state index in [4.69, 9.17) is 5.11 Å². The number of carbonyl (C=O) groups is 2. The van der Waals surface area contributed by atoms with Crippen LogP contribution in [0, 0.1) is 5.41 Å². The summed E-state index contributed by atoms with van der Waals surface area (Å²) < 4.78 is 26.1. The minimum Gasteiger partial charge on any atom is -0.480 e. The molecule has 7 heteroatoms. The number of carboxylic acids is 1. The molecule has 1 saturated carbocycles. The molecule has 1 atom stereocenters. The Hall–Kier alpha value is -1.40. The minimum absolute atomic E-state index is 0.331. The first-order valence-corrected chi connectivity index (χ1v) is 8.37. The first-order valence-electron chi connectivity index (χ1n) is 8.37. The summed E-state index contributed by atoms with van der Waals surface area (Å²) in [5.41, 5.74) is 0.331. The number of alkyl halides is 2. The average Bonchev–Trinajstić information content (AvgIpc) is 2.46. The summed E-state index contributed by atoms with van der Waals surface area (Å²) in [6.07, 6.45) is 7.08. The van der Waals surface area contributed by atoms with E-state index in [0.717, 1.165) is 12.8 Å². The van der Waals surface area contributed by atoms with Crippen molar-refractivity contribution in [3.05, 3.63) is 0 Å². The fourth-order valence-corrected chi connectivity index (χ4v) is 3.78. The Morgan fingerprint density at radius 3 is 2.22 bits per heavy atom. The zero-order valence-corrected chi connectivity index (χ0v) is 13.6. The molecule has 2 fully saturated rings. The second kappa shape index (κ2) is 7.01. The third kappa shape index (κ3) is 5.04. The smallest absolute Gasteiger partial charge is 0.326 e. The van der Waals surface area contributed by atoms with Crippen LogP contribution in [-0.4, -0.2) is 47.1 Å². The number of aliphatic carboxylic acids is 1. The number of urea groups is 1. The van der Waals surface area contributed by atoms with E-state index in [-0.39, 0.29) is 0 Å². The fourth-order valence-electron chi connectivity index (χ4n) is 3.78. The van der Waals surface area contributed by atoms with Gasteiger partial charge in [-0.3, -0.25) is 0 Å². The van der Waals surface area contributed by atoms with Crippen molar-refractivity contribution < 1.29 is 23.5 Å². The molecule has 2 rings (SSSR count). The summed E-state index contributed by atoms with van der Waals surface area (Å²) in [6.45, 7) is 1.80. The molecule has 1 aliphatic carbocycles. The molecule has 0 aromatic rings. The van der Waals surface area contributed by atoms with Crippen molar-refractivity contribution >= 4 is 12.0 Å². The quantitative estimate of drug-likeness (QED) is 0.830. The van der Waals surface area contributed by atoms with Crippen LogP contribution in [-0.2, 0) is 4.79 Å². The van der Waals surface area contributed by atoms with E-state index >= 15 is 0 Å². The molecule has 1 heterocycles. The van der Waals surface area contributed by atoms with Crippen LogP contribution in [0.15, 0.2) is 0 Å². The Morgan fingerprint density at radius 1 is 1.17 bits per heavy atom. The van der Waals surface area contributed by atoms with E-state index < -0.39 is 30.4 Å². The standard InChI is InChI=1S/C16H26F2N2O3/c1-15(17,18)11-12(13(21)22)19-14(23)20-9-7-16(8-10-20)5-3-2-4-6-16/h12H,2-11H2,1H3,(H,19,23)(H,21,22)/t12-/m0/s1. The van der Waals surface area contributed by atoms with Gasteiger partial charge < -0.3 is 15.3 Å². The summed E-state index contributed by atoms with van der Waals surface area (Å²) >= 11 is 0. The predicted molar refractivity (Wildman–Crippen MR) is 81.5 cm³/mol. The third-order valence-electron chi connectivity index (χ3n) is 5.18. The molecular weight excluding hydrogens is 306 g/mol. The number of carbonyl (C=O) groups excluding carboxylic acids is 1. The maximum atomic E-state index is 13.0. The minimum atomic E-state index is -3.13. The largest absolute Gasteiger partial charge is 0.480 e. The maximum absolute atomic E-state index is 13.0. The van der Waals surface area contributed by atoms with Crippen molar-refractivity contribution in [2.75, 3.05) is 13.1 Å². The molecule has 23 heavy (non-hydrogen) atoms. The van der Waals surface area contributed by atoms with Gasteiger partial charge in [-0.15, -0.1) is 0 Å². The fraction of sp³-hybridized carbons (Fsp3) is 0.875. The Bertz CT molecular complexity index is 435. The van der Waals surface area contributed by atoms with Crippen LogP contribution in [0.2, 0.25) is 0 Å². The molecule has 0 aromatic carbocycles. The van der Waals surface area contributed by atoms with Gasteiger partial charge in [0.1, 0.15) is 6.04 Å². The van der Waals surface area contributed by atoms with Gasteiger partial charge in [0.2, 0.25) is 5.92 Å². The second-order valence-electron chi connectivity index (χ2n) is 7.16. The zero-order chi connectivity index (χ0) is 17.1. The number of hydrogen-bond acceptors (Lipinski definition) is 2. The van der Waals surface area contributed by atoms with Crippen molar-refractivity contribution in [1.82, 2.24) is 10.2 Å². The molecule has 132 valence electrons. The van der Waals surface area contributed by atoms with Gasteiger partial charge in [0, 0.05) is 19.5 Å². The predicted octanol–water partition coefficient (Wildman–Crippen LogP) is 3.24. The highest BCUT2D eigenvalue weighted by Gasteiger charge is 2.38. The summed E-state index contributed by atoms with van der Waals surface area (Å²) in [6, 6.07) is -2.11. The molecule has 1 aliphatic heterocycles. The Labute approximate surface area is 135 Å². The third-order valence-corrected chi connectivity index (χ3v) is 5.18. The number of piperidine rings is 1. The first kappa shape index (κ1) is 17.9. The average molecular weight is 332 g/mol. The number of rotatable bonds is 4. The molecule has 2 N–H and O–H groups in total. The van der Waals surface area contributed by atoms with Gasteiger partial charge in [0.05, 0.1) is 0 Å². The van der Waals surface area contributed by atoms with Crippen molar-refractivity contribution in [2.45, 2.75) is 70.3 Å². The Balaban J connectivity index is 1.87. The number of nitrogens with one attached hydrogen (secondary N) is 1. The van der Waals surface area contributed by atoms with Gasteiger partial charge in [-0.2, -0.15) is 0 Å². The second-order valence-corrected chi connectivity index (χ2v) is 7.16. The molecular formula is C16H26F2N2O3. The van der Waals surface area contributed by atoms with E-state index in [1.807, 2.05) is 0 Å². The summed E-state index contributed by atoms with van der Waals surface area (Å²) in [7, 11) is 0. The lowest BCUT2D eigenvalue weighted by Gasteiger charge is -2.44. The van der Waals surface area contributed by atoms with Gasteiger partial charge in [-0.1, -0.05) is 19.3 Å². The monoisotopic (exact) mass is 332 g/mol. The van der Waals surface area contributed by atoms with Crippen LogP contribution < -0.4 is 5.32 Å². The van der Waals surface area contributed by atoms with Gasteiger partial charge in [-0.05, 0) is 38.0 Å². The summed E-state index contributed by atoms with van der Waals surface area (Å²) in [4.78, 5) is 24.8. The molecule has 0 bridgehead atoms. The molecule has 2 amide bonds. The van der Waals surface area contributed by atoms with Crippen molar-refractivity contribution in [1.29, 1.82) is 0 Å². The lowest BCUT2D eigenvalue weighted by molar-refractivity contribution is -0.141. The van der Waals surface area contributed by atoms with Gasteiger partial charge >= 0.3 is 12.0 Å². The van der Waals surface area contributed by atoms with E-state index in [9.17, 15) is 18.4 Å². The van der Waals surface area contributed by atoms with Crippen LogP contribution >= 0.6 is 0 Å². The number of likely N-dealkylation sites (tertiary alicyclic amines) is 1. The molecule has 2 aliphatic rings. The normalized spacial score (nSPS) is 22.7. The Kier molecular flexibility index (Phi) is 5.47. The molecule has 0 aromatic heterocycles. The summed E-state index contributed by atoms with van der Waals surface area (Å²) in [5, 5.41) is 11.3. The zero-order valence-electron chi connectivity index (χ0n) is 13.6. The molecule has 0 radical (unpaired) electrons. The number of hydrogen-bond donors (Lipinski definition) is 2. The number of carboxylic acid groups (broad SMARTS) is 1. The summed E-state index contributed by atoms with van der Waals surface area (Å²) in [5.74, 6) is -4.56. The van der Waals surface area contributed by atoms with Crippen molar-refractivity contribution in [2.24, 2.45) is 5.41 Å². The first-order chi connectivity index (χ1) is 10.7. The highest BCUT2D eigenvalue weighted by atomic mass is 19.3. The molecule has 0 unspecified atom stereocenters. The van der Waals surface area contributed by atoms with Crippen LogP contribution in [0.4, 0.5) is 13.6 Å². The molecule has 5 nitrogen and oxygen atoms in total. The number of amides is 2. The highest BCUT2D eigenvalue weighted by molar-refractivity contribution is 5.82. The maximum Gasteiger partial charge on any atom is 0.326 e. The van der Waals surface area contributed by atoms with Crippen molar-refractivity contribution in [3.63, 3.8) is 0 Å². The highest BCUT2D eigenvalue weighted by Crippen LogP contribution is 2.44. The van der Waals surface area contributed by atoms with E-state index in [1.165, 1.54) is 32.1 Å². The van der Waals surface area contributed by atoms with E-state index in [0.29, 0.717) is 25.4 Å². The van der Waals surface area contributed by atoms with Gasteiger partial charge in [0.15, 0.2) is 0 Å². The van der Waals surface area contributed by atoms with Crippen LogP contribution in [0.3, 0.4) is 0 Å². The van der Waals surface area contributed by atoms with Crippen LogP contribution in [0.25, 0.3) is 0 Å². The lowest BCUT2D eigenvalue weighted by Crippen LogP contribution is -2.52. The van der Waals surface area contributed by atoms with Gasteiger partial charge in [0.25, 0.3) is 0 Å². The van der Waals surface area contributed by atoms with Crippen molar-refractivity contribution in [3.8, 4) is 0 Å². The van der Waals surface area contributed by atoms with E-state index in [2.05, 4.69) is 5.32 Å². The van der Waals surface area contributed by atoms with Crippen LogP contribution in [0.5, 0.6) is 0 Å². The Morgan fingerprint density at radius 2 is 1.74 bits per heavy atom.